The number of aryl methyl sites for hydroxylation is 1. The fourth-order valence-corrected chi connectivity index (χ4v) is 3.80. The van der Waals surface area contributed by atoms with E-state index < -0.39 is 0 Å². The van der Waals surface area contributed by atoms with Crippen LogP contribution in [0, 0.1) is 0 Å². The van der Waals surface area contributed by atoms with Gasteiger partial charge in [-0.05, 0) is 24.3 Å². The average Bonchev–Trinajstić information content (AvgIpc) is 2.74. The van der Waals surface area contributed by atoms with Crippen molar-refractivity contribution in [1.29, 1.82) is 0 Å². The molecule has 1 aromatic heterocycles. The molecule has 1 saturated heterocycles. The van der Waals surface area contributed by atoms with Crippen LogP contribution in [-0.2, 0) is 11.3 Å². The predicted molar refractivity (Wildman–Crippen MR) is 111 cm³/mol. The van der Waals surface area contributed by atoms with E-state index in [0.29, 0.717) is 30.5 Å². The smallest absolute Gasteiger partial charge is 0.261 e. The maximum Gasteiger partial charge on any atom is 0.261 e. The number of carbonyl (C=O) groups excluding carboxylic acids is 1. The fourth-order valence-electron chi connectivity index (χ4n) is 3.54. The van der Waals surface area contributed by atoms with Crippen LogP contribution in [-0.4, -0.2) is 46.5 Å². The first-order valence-electron chi connectivity index (χ1n) is 9.35. The highest BCUT2D eigenvalue weighted by atomic mass is 35.5. The Hall–Kier alpha value is -2.86. The molecule has 0 aliphatic carbocycles. The van der Waals surface area contributed by atoms with Crippen LogP contribution in [0.4, 0.5) is 5.69 Å². The third-order valence-electron chi connectivity index (χ3n) is 5.12. The third kappa shape index (κ3) is 3.73. The largest absolute Gasteiger partial charge is 0.367 e. The zero-order valence-electron chi connectivity index (χ0n) is 15.4. The van der Waals surface area contributed by atoms with Crippen LogP contribution >= 0.6 is 11.6 Å². The molecule has 2 heterocycles. The van der Waals surface area contributed by atoms with Gasteiger partial charge in [-0.3, -0.25) is 14.2 Å². The molecule has 144 valence electrons. The summed E-state index contributed by atoms with van der Waals surface area (Å²) in [5.74, 6) is 0.0545. The summed E-state index contributed by atoms with van der Waals surface area (Å²) in [6.45, 7) is 3.12. The van der Waals surface area contributed by atoms with Crippen molar-refractivity contribution in [1.82, 2.24) is 14.5 Å². The first-order chi connectivity index (χ1) is 13.6. The van der Waals surface area contributed by atoms with Crippen molar-refractivity contribution >= 4 is 34.1 Å². The summed E-state index contributed by atoms with van der Waals surface area (Å²) in [5.41, 5.74) is 1.57. The Bertz CT molecular complexity index is 1060. The van der Waals surface area contributed by atoms with E-state index in [-0.39, 0.29) is 17.9 Å². The molecule has 0 unspecified atom stereocenters. The molecule has 4 rings (SSSR count). The van der Waals surface area contributed by atoms with Crippen molar-refractivity contribution < 1.29 is 4.79 Å². The maximum absolute atomic E-state index is 12.6. The Labute approximate surface area is 168 Å². The molecule has 2 aromatic carbocycles. The van der Waals surface area contributed by atoms with Crippen molar-refractivity contribution in [3.63, 3.8) is 0 Å². The first-order valence-corrected chi connectivity index (χ1v) is 9.73. The average molecular weight is 397 g/mol. The highest BCUT2D eigenvalue weighted by Crippen LogP contribution is 2.26. The van der Waals surface area contributed by atoms with Crippen LogP contribution < -0.4 is 10.5 Å². The van der Waals surface area contributed by atoms with Crippen LogP contribution in [0.5, 0.6) is 0 Å². The van der Waals surface area contributed by atoms with Gasteiger partial charge in [0.25, 0.3) is 5.56 Å². The quantitative estimate of drug-likeness (QED) is 0.680. The molecule has 0 N–H and O–H groups in total. The molecule has 0 radical (unpaired) electrons. The van der Waals surface area contributed by atoms with E-state index in [9.17, 15) is 9.59 Å². The lowest BCUT2D eigenvalue weighted by Gasteiger charge is -2.36. The second-order valence-electron chi connectivity index (χ2n) is 6.83. The van der Waals surface area contributed by atoms with E-state index in [1.807, 2.05) is 47.4 Å². The minimum absolute atomic E-state index is 0.0545. The molecular weight excluding hydrogens is 376 g/mol. The number of halogens is 1. The Morgan fingerprint density at radius 2 is 1.71 bits per heavy atom. The summed E-state index contributed by atoms with van der Waals surface area (Å²) in [4.78, 5) is 33.5. The molecule has 1 aliphatic heterocycles. The molecule has 0 spiro atoms. The molecule has 0 atom stereocenters. The summed E-state index contributed by atoms with van der Waals surface area (Å²) < 4.78 is 1.51. The maximum atomic E-state index is 12.6. The summed E-state index contributed by atoms with van der Waals surface area (Å²) in [6.07, 6.45) is 1.80. The number of hydrogen-bond acceptors (Lipinski definition) is 4. The molecule has 6 nitrogen and oxygen atoms in total. The highest BCUT2D eigenvalue weighted by molar-refractivity contribution is 6.33. The van der Waals surface area contributed by atoms with Gasteiger partial charge in [-0.15, -0.1) is 0 Å². The van der Waals surface area contributed by atoms with Crippen LogP contribution in [0.25, 0.3) is 10.9 Å². The lowest BCUT2D eigenvalue weighted by Crippen LogP contribution is -2.49. The number of hydrogen-bond donors (Lipinski definition) is 0. The number of nitrogens with zero attached hydrogens (tertiary/aromatic N) is 4. The number of para-hydroxylation sites is 2. The molecule has 3 aromatic rings. The van der Waals surface area contributed by atoms with E-state index in [2.05, 4.69) is 9.88 Å². The summed E-state index contributed by atoms with van der Waals surface area (Å²) >= 11 is 6.27. The van der Waals surface area contributed by atoms with E-state index >= 15 is 0 Å². The molecule has 0 saturated carbocycles. The van der Waals surface area contributed by atoms with Gasteiger partial charge in [0.15, 0.2) is 0 Å². The van der Waals surface area contributed by atoms with Gasteiger partial charge >= 0.3 is 0 Å². The first kappa shape index (κ1) is 18.5. The predicted octanol–water partition coefficient (Wildman–Crippen LogP) is 2.79. The lowest BCUT2D eigenvalue weighted by atomic mass is 10.2. The lowest BCUT2D eigenvalue weighted by molar-refractivity contribution is -0.131. The number of aromatic nitrogens is 2. The number of carbonyl (C=O) groups is 1. The second-order valence-corrected chi connectivity index (χ2v) is 7.24. The van der Waals surface area contributed by atoms with Crippen LogP contribution in [0.2, 0.25) is 5.02 Å². The SMILES string of the molecule is O=C(CCn1cnc2ccccc2c1=O)N1CCN(c2ccccc2Cl)CC1. The van der Waals surface area contributed by atoms with Gasteiger partial charge in [0, 0.05) is 39.1 Å². The molecule has 28 heavy (non-hydrogen) atoms. The van der Waals surface area contributed by atoms with Crippen molar-refractivity contribution in [2.24, 2.45) is 0 Å². The molecule has 1 aliphatic rings. The van der Waals surface area contributed by atoms with Crippen molar-refractivity contribution in [3.8, 4) is 0 Å². The van der Waals surface area contributed by atoms with Gasteiger partial charge < -0.3 is 9.80 Å². The Balaban J connectivity index is 1.36. The molecule has 1 fully saturated rings. The van der Waals surface area contributed by atoms with Gasteiger partial charge in [-0.25, -0.2) is 4.98 Å². The molecule has 1 amide bonds. The summed E-state index contributed by atoms with van der Waals surface area (Å²) in [7, 11) is 0. The Morgan fingerprint density at radius 1 is 1.00 bits per heavy atom. The van der Waals surface area contributed by atoms with Crippen LogP contribution in [0.3, 0.4) is 0 Å². The standard InChI is InChI=1S/C21H21ClN4O2/c22-17-6-2-4-8-19(17)24-11-13-25(14-12-24)20(27)9-10-26-15-23-18-7-3-1-5-16(18)21(26)28/h1-8,15H,9-14H2. The topological polar surface area (TPSA) is 58.4 Å². The van der Waals surface area contributed by atoms with E-state index in [1.165, 1.54) is 10.9 Å². The van der Waals surface area contributed by atoms with Gasteiger partial charge in [0.2, 0.25) is 5.91 Å². The van der Waals surface area contributed by atoms with Gasteiger partial charge in [-0.2, -0.15) is 0 Å². The number of benzene rings is 2. The summed E-state index contributed by atoms with van der Waals surface area (Å²) in [6, 6.07) is 15.0. The van der Waals surface area contributed by atoms with Gasteiger partial charge in [0.05, 0.1) is 27.9 Å². The zero-order valence-corrected chi connectivity index (χ0v) is 16.2. The van der Waals surface area contributed by atoms with E-state index in [0.717, 1.165) is 23.8 Å². The second kappa shape index (κ2) is 8.02. The van der Waals surface area contributed by atoms with Gasteiger partial charge in [0.1, 0.15) is 0 Å². The molecule has 7 heteroatoms. The Morgan fingerprint density at radius 3 is 2.50 bits per heavy atom. The number of fused-ring (bicyclic) bond motifs is 1. The monoisotopic (exact) mass is 396 g/mol. The number of rotatable bonds is 4. The summed E-state index contributed by atoms with van der Waals surface area (Å²) in [5, 5.41) is 1.30. The van der Waals surface area contributed by atoms with Crippen LogP contribution in [0.1, 0.15) is 6.42 Å². The van der Waals surface area contributed by atoms with E-state index in [1.54, 1.807) is 6.07 Å². The number of piperazine rings is 1. The fraction of sp³-hybridized carbons (Fsp3) is 0.286. The molecule has 0 bridgehead atoms. The normalized spacial score (nSPS) is 14.5. The van der Waals surface area contributed by atoms with E-state index in [4.69, 9.17) is 11.6 Å². The molecular formula is C21H21ClN4O2. The van der Waals surface area contributed by atoms with Crippen molar-refractivity contribution in [2.45, 2.75) is 13.0 Å². The van der Waals surface area contributed by atoms with Gasteiger partial charge in [-0.1, -0.05) is 35.9 Å². The number of anilines is 1. The minimum Gasteiger partial charge on any atom is -0.367 e. The van der Waals surface area contributed by atoms with Crippen molar-refractivity contribution in [3.05, 3.63) is 70.2 Å². The van der Waals surface area contributed by atoms with Crippen molar-refractivity contribution in [2.75, 3.05) is 31.1 Å². The number of amides is 1. The third-order valence-corrected chi connectivity index (χ3v) is 5.44. The zero-order chi connectivity index (χ0) is 19.5. The van der Waals surface area contributed by atoms with Crippen LogP contribution in [0.15, 0.2) is 59.7 Å². The highest BCUT2D eigenvalue weighted by Gasteiger charge is 2.22. The Kier molecular flexibility index (Phi) is 5.30. The minimum atomic E-state index is -0.109.